The van der Waals surface area contributed by atoms with Crippen LogP contribution < -0.4 is 0 Å². The molecule has 0 radical (unpaired) electrons. The molecule has 64 valence electrons. The highest BCUT2D eigenvalue weighted by Crippen LogP contribution is 2.43. The quantitative estimate of drug-likeness (QED) is 0.513. The first kappa shape index (κ1) is 9.28. The molecule has 0 amide bonds. The van der Waals surface area contributed by atoms with Crippen molar-refractivity contribution in [3.8, 4) is 0 Å². The minimum atomic E-state index is -3.06. The average molecular weight is 182 g/mol. The first-order valence-electron chi connectivity index (χ1n) is 3.32. The molecule has 1 heterocycles. The van der Waals surface area contributed by atoms with Crippen LogP contribution in [0.15, 0.2) is 0 Å². The number of hydrogen-bond acceptors (Lipinski definition) is 3. The standard InChI is InChI=1S/C5H9BF2O2S/c6-4-5(7,8)3(10)2(1-9)11-4/h2-4,9-10H,1,6H2/t2-,3-,4?/m1/s1. The molecule has 0 aromatic rings. The summed E-state index contributed by atoms with van der Waals surface area (Å²) in [6.07, 6.45) is -1.70. The van der Waals surface area contributed by atoms with Gasteiger partial charge in [0.2, 0.25) is 0 Å². The predicted octanol–water partition coefficient (Wildman–Crippen LogP) is -0.951. The molecule has 0 aromatic heterocycles. The molecule has 1 rings (SSSR count). The lowest BCUT2D eigenvalue weighted by atomic mass is 9.93. The Bertz CT molecular complexity index is 157. The number of rotatable bonds is 1. The molecule has 1 fully saturated rings. The van der Waals surface area contributed by atoms with Gasteiger partial charge in [-0.2, -0.15) is 11.8 Å². The normalized spacial score (nSPS) is 42.7. The van der Waals surface area contributed by atoms with E-state index in [1.807, 2.05) is 0 Å². The van der Waals surface area contributed by atoms with Crippen molar-refractivity contribution in [1.82, 2.24) is 0 Å². The van der Waals surface area contributed by atoms with Crippen molar-refractivity contribution >= 4 is 19.6 Å². The fourth-order valence-corrected chi connectivity index (χ4v) is 2.32. The molecular weight excluding hydrogens is 173 g/mol. The first-order valence-corrected chi connectivity index (χ1v) is 4.26. The summed E-state index contributed by atoms with van der Waals surface area (Å²) in [4.78, 5) is 0. The van der Waals surface area contributed by atoms with Crippen LogP contribution in [0.5, 0.6) is 0 Å². The lowest BCUT2D eigenvalue weighted by Crippen LogP contribution is -2.40. The van der Waals surface area contributed by atoms with E-state index < -0.39 is 29.0 Å². The third kappa shape index (κ3) is 1.39. The SMILES string of the molecule is BC1S[C@H](CO)[C@@H](O)C1(F)F. The summed E-state index contributed by atoms with van der Waals surface area (Å²) in [5, 5.41) is 15.9. The fraction of sp³-hybridized carbons (Fsp3) is 1.00. The van der Waals surface area contributed by atoms with Crippen LogP contribution >= 0.6 is 11.8 Å². The van der Waals surface area contributed by atoms with E-state index in [1.165, 1.54) is 7.85 Å². The first-order chi connectivity index (χ1) is 5.00. The van der Waals surface area contributed by atoms with Crippen LogP contribution in [-0.2, 0) is 0 Å². The summed E-state index contributed by atoms with van der Waals surface area (Å²) < 4.78 is 25.6. The predicted molar refractivity (Wildman–Crippen MR) is 41.8 cm³/mol. The van der Waals surface area contributed by atoms with Gasteiger partial charge in [-0.05, 0) is 0 Å². The molecule has 0 saturated carbocycles. The summed E-state index contributed by atoms with van der Waals surface area (Å²) in [5.74, 6) is -3.06. The van der Waals surface area contributed by atoms with E-state index in [0.29, 0.717) is 0 Å². The van der Waals surface area contributed by atoms with Gasteiger partial charge in [0.1, 0.15) is 14.0 Å². The van der Waals surface area contributed by atoms with E-state index in [0.717, 1.165) is 11.8 Å². The minimum absolute atomic E-state index is 0.397. The highest BCUT2D eigenvalue weighted by Gasteiger charge is 2.54. The Morgan fingerprint density at radius 3 is 2.27 bits per heavy atom. The Balaban J connectivity index is 2.71. The molecule has 3 atom stereocenters. The maximum atomic E-state index is 12.8. The summed E-state index contributed by atoms with van der Waals surface area (Å²) in [5.41, 5.74) is 0. The molecule has 6 heteroatoms. The maximum Gasteiger partial charge on any atom is 0.278 e. The van der Waals surface area contributed by atoms with Gasteiger partial charge < -0.3 is 10.2 Å². The fourth-order valence-electron chi connectivity index (χ4n) is 1.06. The number of hydrogen-bond donors (Lipinski definition) is 2. The zero-order chi connectivity index (χ0) is 8.65. The third-order valence-corrected chi connectivity index (χ3v) is 3.33. The van der Waals surface area contributed by atoms with E-state index in [9.17, 15) is 8.78 Å². The third-order valence-electron chi connectivity index (χ3n) is 1.85. The van der Waals surface area contributed by atoms with E-state index in [4.69, 9.17) is 10.2 Å². The van der Waals surface area contributed by atoms with Crippen LogP contribution in [0.1, 0.15) is 0 Å². The molecule has 2 N–H and O–H groups in total. The van der Waals surface area contributed by atoms with Gasteiger partial charge in [-0.15, -0.1) is 0 Å². The van der Waals surface area contributed by atoms with Gasteiger partial charge in [0.15, 0.2) is 0 Å². The highest BCUT2D eigenvalue weighted by atomic mass is 32.2. The minimum Gasteiger partial charge on any atom is -0.395 e. The molecule has 1 aliphatic heterocycles. The molecule has 2 nitrogen and oxygen atoms in total. The lowest BCUT2D eigenvalue weighted by molar-refractivity contribution is -0.0905. The van der Waals surface area contributed by atoms with Crippen molar-refractivity contribution < 1.29 is 19.0 Å². The molecule has 11 heavy (non-hydrogen) atoms. The number of aliphatic hydroxyl groups is 2. The van der Waals surface area contributed by atoms with Crippen LogP contribution in [0.2, 0.25) is 0 Å². The lowest BCUT2D eigenvalue weighted by Gasteiger charge is -2.17. The van der Waals surface area contributed by atoms with Crippen molar-refractivity contribution in [3.05, 3.63) is 0 Å². The van der Waals surface area contributed by atoms with Crippen molar-refractivity contribution in [2.45, 2.75) is 22.4 Å². The van der Waals surface area contributed by atoms with E-state index in [-0.39, 0.29) is 0 Å². The van der Waals surface area contributed by atoms with Crippen LogP contribution in [-0.4, -0.2) is 47.1 Å². The average Bonchev–Trinajstić information content (AvgIpc) is 2.14. The largest absolute Gasteiger partial charge is 0.395 e. The maximum absolute atomic E-state index is 12.8. The second kappa shape index (κ2) is 2.92. The van der Waals surface area contributed by atoms with Crippen molar-refractivity contribution in [1.29, 1.82) is 0 Å². The van der Waals surface area contributed by atoms with Crippen LogP contribution in [0.3, 0.4) is 0 Å². The molecular formula is C5H9BF2O2S. The van der Waals surface area contributed by atoms with E-state index in [2.05, 4.69) is 0 Å². The molecule has 1 saturated heterocycles. The van der Waals surface area contributed by atoms with Gasteiger partial charge >= 0.3 is 0 Å². The van der Waals surface area contributed by atoms with E-state index >= 15 is 0 Å². The highest BCUT2D eigenvalue weighted by molar-refractivity contribution is 8.02. The van der Waals surface area contributed by atoms with Crippen LogP contribution in [0.25, 0.3) is 0 Å². The van der Waals surface area contributed by atoms with Gasteiger partial charge in [0.05, 0.1) is 11.9 Å². The summed E-state index contributed by atoms with van der Waals surface area (Å²) in [7, 11) is 1.35. The Morgan fingerprint density at radius 1 is 1.55 bits per heavy atom. The van der Waals surface area contributed by atoms with Crippen molar-refractivity contribution in [2.75, 3.05) is 6.61 Å². The Kier molecular flexibility index (Phi) is 2.46. The summed E-state index contributed by atoms with van der Waals surface area (Å²) >= 11 is 0.931. The number of aliphatic hydroxyl groups excluding tert-OH is 2. The van der Waals surface area contributed by atoms with Gasteiger partial charge in [-0.1, -0.05) is 0 Å². The monoisotopic (exact) mass is 182 g/mol. The molecule has 0 bridgehead atoms. The van der Waals surface area contributed by atoms with Crippen LogP contribution in [0.4, 0.5) is 8.78 Å². The second-order valence-corrected chi connectivity index (χ2v) is 4.20. The van der Waals surface area contributed by atoms with Gasteiger partial charge in [0, 0.05) is 5.15 Å². The smallest absolute Gasteiger partial charge is 0.278 e. The van der Waals surface area contributed by atoms with Crippen molar-refractivity contribution in [2.24, 2.45) is 0 Å². The Labute approximate surface area is 68.4 Å². The topological polar surface area (TPSA) is 40.5 Å². The molecule has 0 aliphatic carbocycles. The van der Waals surface area contributed by atoms with Crippen LogP contribution in [0, 0.1) is 0 Å². The molecule has 1 aliphatic rings. The van der Waals surface area contributed by atoms with Gasteiger partial charge in [-0.25, -0.2) is 8.78 Å². The van der Waals surface area contributed by atoms with E-state index in [1.54, 1.807) is 0 Å². The molecule has 0 aromatic carbocycles. The molecule has 0 spiro atoms. The zero-order valence-corrected chi connectivity index (χ0v) is 6.81. The van der Waals surface area contributed by atoms with Crippen molar-refractivity contribution in [3.63, 3.8) is 0 Å². The number of thioether (sulfide) groups is 1. The second-order valence-electron chi connectivity index (χ2n) is 2.62. The Hall–Kier alpha value is 0.195. The number of halogens is 2. The summed E-state index contributed by atoms with van der Waals surface area (Å²) in [6.45, 7) is -0.397. The number of alkyl halides is 2. The zero-order valence-electron chi connectivity index (χ0n) is 6.00. The Morgan fingerprint density at radius 2 is 2.09 bits per heavy atom. The summed E-state index contributed by atoms with van der Waals surface area (Å²) in [6, 6.07) is 0. The van der Waals surface area contributed by atoms with Gasteiger partial charge in [-0.3, -0.25) is 0 Å². The van der Waals surface area contributed by atoms with Gasteiger partial charge in [0.25, 0.3) is 5.92 Å². The molecule has 1 unspecified atom stereocenters.